The van der Waals surface area contributed by atoms with E-state index in [1.165, 1.54) is 16.2 Å². The Morgan fingerprint density at radius 2 is 1.62 bits per heavy atom. The van der Waals surface area contributed by atoms with Gasteiger partial charge < -0.3 is 39.8 Å². The highest BCUT2D eigenvalue weighted by atomic mass is 32.1. The van der Waals surface area contributed by atoms with Crippen LogP contribution in [0.5, 0.6) is 0 Å². The number of benzene rings is 2. The molecule has 7 rings (SSSR count). The maximum Gasteiger partial charge on any atom is 0.318 e. The van der Waals surface area contributed by atoms with Crippen LogP contribution in [-0.2, 0) is 28.5 Å². The summed E-state index contributed by atoms with van der Waals surface area (Å²) < 4.78 is 23.2. The molecule has 294 valence electrons. The number of nitrogens with one attached hydrogen (secondary N) is 3. The molecule has 4 saturated heterocycles. The van der Waals surface area contributed by atoms with Gasteiger partial charge in [0.15, 0.2) is 5.13 Å². The van der Waals surface area contributed by atoms with Crippen LogP contribution in [0, 0.1) is 0 Å². The number of hydrogen-bond acceptors (Lipinski definition) is 11. The molecule has 3 N–H and O–H groups in total. The predicted molar refractivity (Wildman–Crippen MR) is 204 cm³/mol. The lowest BCUT2D eigenvalue weighted by Crippen LogP contribution is -2.60. The van der Waals surface area contributed by atoms with Crippen molar-refractivity contribution < 1.29 is 38.1 Å². The summed E-state index contributed by atoms with van der Waals surface area (Å²) in [6.45, 7) is 9.75. The van der Waals surface area contributed by atoms with Gasteiger partial charge in [-0.3, -0.25) is 24.2 Å². The molecular formula is C39H49N7O8S. The third-order valence-electron chi connectivity index (χ3n) is 10.4. The normalized spacial score (nSPS) is 23.3. The second-order valence-electron chi connectivity index (χ2n) is 14.4. The van der Waals surface area contributed by atoms with Gasteiger partial charge in [-0.15, -0.1) is 11.3 Å². The number of amides is 5. The van der Waals surface area contributed by atoms with Crippen LogP contribution in [0.4, 0.5) is 9.93 Å². The van der Waals surface area contributed by atoms with Gasteiger partial charge in [0.1, 0.15) is 17.8 Å². The van der Waals surface area contributed by atoms with Crippen LogP contribution in [0.2, 0.25) is 0 Å². The minimum atomic E-state index is -1.08. The molecule has 5 heterocycles. The zero-order chi connectivity index (χ0) is 38.4. The quantitative estimate of drug-likeness (QED) is 0.279. The van der Waals surface area contributed by atoms with Gasteiger partial charge in [-0.2, -0.15) is 0 Å². The Morgan fingerprint density at radius 3 is 2.33 bits per heavy atom. The summed E-state index contributed by atoms with van der Waals surface area (Å²) >= 11 is 1.26. The standard InChI is InChI=1S/C39H49N7O8S/c1-26-22-45(23-27(2)54-26)38(50)42-33(29-6-4-3-5-7-29)36(49)46-32(24-53-39(46)12-18-51-19-13-39)35(48)43-37-41-31(25-55-37)28-8-10-30(11-9-28)34(47)40-14-15-44-16-20-52-21-17-44/h3-11,25-27,32-33H,12-24H2,1-2H3,(H,40,47)(H,42,50)(H,41,43,48)/t26-,27+,32-,33+/m0/s1. The third kappa shape index (κ3) is 9.17. The van der Waals surface area contributed by atoms with Gasteiger partial charge >= 0.3 is 6.03 Å². The smallest absolute Gasteiger partial charge is 0.318 e. The van der Waals surface area contributed by atoms with E-state index < -0.39 is 29.6 Å². The highest BCUT2D eigenvalue weighted by molar-refractivity contribution is 7.14. The van der Waals surface area contributed by atoms with Crippen LogP contribution in [0.15, 0.2) is 60.0 Å². The number of morpholine rings is 2. The first kappa shape index (κ1) is 38.8. The van der Waals surface area contributed by atoms with Gasteiger partial charge in [-0.05, 0) is 31.5 Å². The summed E-state index contributed by atoms with van der Waals surface area (Å²) in [4.78, 5) is 65.5. The number of anilines is 1. The SMILES string of the molecule is C[C@@H]1CN(C(=O)N[C@@H](C(=O)N2[C@H](C(=O)Nc3nc(-c4ccc(C(=O)NCCN5CCOCC5)cc4)cs3)COC23CCOCC3)c2ccccc2)C[C@H](C)O1. The largest absolute Gasteiger partial charge is 0.381 e. The molecule has 0 saturated carbocycles. The lowest BCUT2D eigenvalue weighted by Gasteiger charge is -2.43. The fourth-order valence-electron chi connectivity index (χ4n) is 7.61. The summed E-state index contributed by atoms with van der Waals surface area (Å²) in [5.41, 5.74) is 1.47. The van der Waals surface area contributed by atoms with Gasteiger partial charge in [0, 0.05) is 68.6 Å². The zero-order valence-corrected chi connectivity index (χ0v) is 32.1. The van der Waals surface area contributed by atoms with E-state index in [4.69, 9.17) is 18.9 Å². The lowest BCUT2D eigenvalue weighted by molar-refractivity contribution is -0.172. The van der Waals surface area contributed by atoms with E-state index in [-0.39, 0.29) is 30.8 Å². The number of thiazole rings is 1. The van der Waals surface area contributed by atoms with Crippen molar-refractivity contribution in [3.8, 4) is 11.3 Å². The number of carbonyl (C=O) groups excluding carboxylic acids is 4. The Labute approximate surface area is 324 Å². The molecule has 1 aromatic heterocycles. The highest BCUT2D eigenvalue weighted by Crippen LogP contribution is 2.39. The molecule has 1 spiro atoms. The summed E-state index contributed by atoms with van der Waals surface area (Å²) in [5.74, 6) is -1.04. The molecule has 0 bridgehead atoms. The minimum Gasteiger partial charge on any atom is -0.381 e. The first-order valence-electron chi connectivity index (χ1n) is 18.9. The Morgan fingerprint density at radius 1 is 0.927 bits per heavy atom. The van der Waals surface area contributed by atoms with Crippen molar-refractivity contribution in [3.63, 3.8) is 0 Å². The fourth-order valence-corrected chi connectivity index (χ4v) is 8.34. The first-order valence-corrected chi connectivity index (χ1v) is 19.8. The van der Waals surface area contributed by atoms with Crippen molar-refractivity contribution in [3.05, 3.63) is 71.1 Å². The van der Waals surface area contributed by atoms with Crippen LogP contribution in [-0.4, -0.2) is 140 Å². The van der Waals surface area contributed by atoms with E-state index in [0.717, 1.165) is 25.2 Å². The Hall–Kier alpha value is -4.45. The van der Waals surface area contributed by atoms with E-state index in [0.29, 0.717) is 80.9 Å². The van der Waals surface area contributed by atoms with Crippen LogP contribution in [0.1, 0.15) is 48.7 Å². The number of hydrogen-bond donors (Lipinski definition) is 3. The van der Waals surface area contributed by atoms with Gasteiger partial charge in [0.05, 0.1) is 50.9 Å². The molecule has 15 nitrogen and oxygen atoms in total. The van der Waals surface area contributed by atoms with Crippen molar-refractivity contribution in [2.24, 2.45) is 0 Å². The number of nitrogens with zero attached hydrogens (tertiary/aromatic N) is 4. The third-order valence-corrected chi connectivity index (χ3v) is 11.2. The maximum atomic E-state index is 14.8. The topological polar surface area (TPSA) is 164 Å². The molecule has 0 radical (unpaired) electrons. The second-order valence-corrected chi connectivity index (χ2v) is 15.2. The summed E-state index contributed by atoms with van der Waals surface area (Å²) in [6.07, 6.45) is 0.442. The van der Waals surface area contributed by atoms with E-state index >= 15 is 0 Å². The minimum absolute atomic E-state index is 0.0280. The van der Waals surface area contributed by atoms with Crippen molar-refractivity contribution in [1.82, 2.24) is 30.3 Å². The molecule has 4 aliphatic rings. The predicted octanol–water partition coefficient (Wildman–Crippen LogP) is 3.10. The van der Waals surface area contributed by atoms with Crippen molar-refractivity contribution in [2.45, 2.75) is 56.7 Å². The highest BCUT2D eigenvalue weighted by Gasteiger charge is 2.55. The first-order chi connectivity index (χ1) is 26.7. The molecule has 4 atom stereocenters. The number of ether oxygens (including phenoxy) is 4. The van der Waals surface area contributed by atoms with Crippen LogP contribution < -0.4 is 16.0 Å². The Kier molecular flexibility index (Phi) is 12.4. The van der Waals surface area contributed by atoms with E-state index in [2.05, 4.69) is 25.8 Å². The van der Waals surface area contributed by atoms with E-state index in [9.17, 15) is 19.2 Å². The molecular weight excluding hydrogens is 727 g/mol. The van der Waals surface area contributed by atoms with Crippen LogP contribution in [0.25, 0.3) is 11.3 Å². The molecule has 55 heavy (non-hydrogen) atoms. The molecule has 0 aliphatic carbocycles. The maximum absolute atomic E-state index is 14.8. The van der Waals surface area contributed by atoms with Gasteiger partial charge in [0.25, 0.3) is 17.7 Å². The van der Waals surface area contributed by atoms with Crippen molar-refractivity contribution in [2.75, 3.05) is 77.6 Å². The number of aromatic nitrogens is 1. The monoisotopic (exact) mass is 775 g/mol. The molecule has 0 unspecified atom stereocenters. The Bertz CT molecular complexity index is 1790. The fraction of sp³-hybridized carbons (Fsp3) is 0.513. The molecule has 16 heteroatoms. The van der Waals surface area contributed by atoms with Crippen LogP contribution >= 0.6 is 11.3 Å². The number of rotatable bonds is 10. The average Bonchev–Trinajstić information content (AvgIpc) is 3.82. The van der Waals surface area contributed by atoms with E-state index in [1.54, 1.807) is 29.2 Å². The molecule has 4 fully saturated rings. The summed E-state index contributed by atoms with van der Waals surface area (Å²) in [5, 5.41) is 11.1. The number of urea groups is 1. The lowest BCUT2D eigenvalue weighted by atomic mass is 9.97. The number of carbonyl (C=O) groups is 4. The van der Waals surface area contributed by atoms with Crippen LogP contribution in [0.3, 0.4) is 0 Å². The molecule has 3 aromatic rings. The van der Waals surface area contributed by atoms with Gasteiger partial charge in [-0.1, -0.05) is 42.5 Å². The van der Waals surface area contributed by atoms with Crippen molar-refractivity contribution in [1.29, 1.82) is 0 Å². The molecule has 4 aliphatic heterocycles. The van der Waals surface area contributed by atoms with E-state index in [1.807, 2.05) is 49.6 Å². The van der Waals surface area contributed by atoms with Crippen molar-refractivity contribution >= 4 is 40.2 Å². The second kappa shape index (κ2) is 17.6. The Balaban J connectivity index is 1.04. The van der Waals surface area contributed by atoms with Gasteiger partial charge in [-0.25, -0.2) is 9.78 Å². The summed E-state index contributed by atoms with van der Waals surface area (Å²) in [6, 6.07) is 13.7. The molecule has 5 amide bonds. The summed E-state index contributed by atoms with van der Waals surface area (Å²) in [7, 11) is 0. The zero-order valence-electron chi connectivity index (χ0n) is 31.2. The average molecular weight is 776 g/mol. The molecule has 2 aromatic carbocycles. The van der Waals surface area contributed by atoms with Gasteiger partial charge in [0.2, 0.25) is 0 Å².